The van der Waals surface area contributed by atoms with Gasteiger partial charge in [0.2, 0.25) is 0 Å². The summed E-state index contributed by atoms with van der Waals surface area (Å²) in [6.07, 6.45) is 5.87. The number of nitrogens with zero attached hydrogens (tertiary/aromatic N) is 1. The molecule has 0 aliphatic heterocycles. The minimum absolute atomic E-state index is 0.298. The van der Waals surface area contributed by atoms with Crippen molar-refractivity contribution >= 4 is 11.6 Å². The lowest BCUT2D eigenvalue weighted by Gasteiger charge is -2.27. The van der Waals surface area contributed by atoms with Gasteiger partial charge in [0.25, 0.3) is 0 Å². The minimum atomic E-state index is 0.298. The Morgan fingerprint density at radius 1 is 1.60 bits per heavy atom. The molecule has 0 radical (unpaired) electrons. The molecule has 1 aromatic rings. The van der Waals surface area contributed by atoms with E-state index in [1.165, 1.54) is 19.3 Å². The lowest BCUT2D eigenvalue weighted by Crippen LogP contribution is -2.29. The number of hydrogen-bond acceptors (Lipinski definition) is 2. The van der Waals surface area contributed by atoms with Gasteiger partial charge in [0.15, 0.2) is 0 Å². The molecular formula is C12H17ClN2. The van der Waals surface area contributed by atoms with Gasteiger partial charge in [0, 0.05) is 17.8 Å². The summed E-state index contributed by atoms with van der Waals surface area (Å²) >= 11 is 6.03. The third kappa shape index (κ3) is 2.70. The van der Waals surface area contributed by atoms with Gasteiger partial charge >= 0.3 is 0 Å². The van der Waals surface area contributed by atoms with Crippen molar-refractivity contribution in [2.24, 2.45) is 5.92 Å². The molecule has 0 saturated heterocycles. The molecular weight excluding hydrogens is 208 g/mol. The zero-order valence-electron chi connectivity index (χ0n) is 9.04. The third-order valence-electron chi connectivity index (χ3n) is 3.19. The van der Waals surface area contributed by atoms with Gasteiger partial charge in [-0.2, -0.15) is 0 Å². The molecule has 2 rings (SSSR count). The molecule has 82 valence electrons. The molecule has 1 N–H and O–H groups in total. The Labute approximate surface area is 96.1 Å². The molecule has 0 spiro atoms. The highest BCUT2D eigenvalue weighted by atomic mass is 35.5. The van der Waals surface area contributed by atoms with E-state index in [0.29, 0.717) is 11.2 Å². The maximum Gasteiger partial charge on any atom is 0.133 e. The SMILES string of the molecule is CC(NCC1CCC1)c1cccnc1Cl. The summed E-state index contributed by atoms with van der Waals surface area (Å²) in [4.78, 5) is 4.09. The topological polar surface area (TPSA) is 24.9 Å². The Kier molecular flexibility index (Phi) is 3.60. The van der Waals surface area contributed by atoms with Crippen LogP contribution in [0.15, 0.2) is 18.3 Å². The van der Waals surface area contributed by atoms with E-state index in [4.69, 9.17) is 11.6 Å². The fourth-order valence-corrected chi connectivity index (χ4v) is 2.15. The van der Waals surface area contributed by atoms with Crippen molar-refractivity contribution < 1.29 is 0 Å². The van der Waals surface area contributed by atoms with E-state index in [1.54, 1.807) is 6.20 Å². The quantitative estimate of drug-likeness (QED) is 0.795. The Morgan fingerprint density at radius 3 is 3.00 bits per heavy atom. The first kappa shape index (κ1) is 10.9. The van der Waals surface area contributed by atoms with E-state index >= 15 is 0 Å². The summed E-state index contributed by atoms with van der Waals surface area (Å²) < 4.78 is 0. The summed E-state index contributed by atoms with van der Waals surface area (Å²) in [7, 11) is 0. The van der Waals surface area contributed by atoms with Crippen molar-refractivity contribution in [3.63, 3.8) is 0 Å². The molecule has 1 aliphatic carbocycles. The van der Waals surface area contributed by atoms with Crippen LogP contribution in [0.2, 0.25) is 5.15 Å². The second kappa shape index (κ2) is 4.95. The summed E-state index contributed by atoms with van der Waals surface area (Å²) in [5.74, 6) is 0.878. The summed E-state index contributed by atoms with van der Waals surface area (Å²) in [6.45, 7) is 3.24. The van der Waals surface area contributed by atoms with Crippen LogP contribution in [0.1, 0.15) is 37.8 Å². The van der Waals surface area contributed by atoms with E-state index in [2.05, 4.69) is 17.2 Å². The molecule has 0 bridgehead atoms. The van der Waals surface area contributed by atoms with Gasteiger partial charge in [-0.1, -0.05) is 24.1 Å². The van der Waals surface area contributed by atoms with Crippen LogP contribution >= 0.6 is 11.6 Å². The van der Waals surface area contributed by atoms with Crippen LogP contribution in [-0.2, 0) is 0 Å². The van der Waals surface area contributed by atoms with Crippen molar-refractivity contribution in [3.8, 4) is 0 Å². The van der Waals surface area contributed by atoms with Crippen molar-refractivity contribution in [1.29, 1.82) is 0 Å². The molecule has 1 atom stereocenters. The summed E-state index contributed by atoms with van der Waals surface area (Å²) in [6, 6.07) is 4.27. The molecule has 0 amide bonds. The second-order valence-electron chi connectivity index (χ2n) is 4.31. The van der Waals surface area contributed by atoms with E-state index in [9.17, 15) is 0 Å². The smallest absolute Gasteiger partial charge is 0.133 e. The highest BCUT2D eigenvalue weighted by Crippen LogP contribution is 2.27. The Hall–Kier alpha value is -0.600. The molecule has 1 fully saturated rings. The monoisotopic (exact) mass is 224 g/mol. The van der Waals surface area contributed by atoms with Crippen molar-refractivity contribution in [2.75, 3.05) is 6.54 Å². The molecule has 1 heterocycles. The van der Waals surface area contributed by atoms with Gasteiger partial charge in [0.1, 0.15) is 5.15 Å². The fraction of sp³-hybridized carbons (Fsp3) is 0.583. The van der Waals surface area contributed by atoms with E-state index in [0.717, 1.165) is 18.0 Å². The van der Waals surface area contributed by atoms with Crippen LogP contribution in [0, 0.1) is 5.92 Å². The van der Waals surface area contributed by atoms with Crippen molar-refractivity contribution in [1.82, 2.24) is 10.3 Å². The maximum atomic E-state index is 6.03. The molecule has 2 nitrogen and oxygen atoms in total. The normalized spacial score (nSPS) is 18.5. The van der Waals surface area contributed by atoms with Crippen LogP contribution in [0.5, 0.6) is 0 Å². The fourth-order valence-electron chi connectivity index (χ4n) is 1.87. The maximum absolute atomic E-state index is 6.03. The lowest BCUT2D eigenvalue weighted by atomic mass is 9.85. The first-order chi connectivity index (χ1) is 7.27. The number of halogens is 1. The molecule has 0 aromatic carbocycles. The molecule has 1 unspecified atom stereocenters. The van der Waals surface area contributed by atoms with Gasteiger partial charge in [-0.25, -0.2) is 4.98 Å². The highest BCUT2D eigenvalue weighted by Gasteiger charge is 2.18. The van der Waals surface area contributed by atoms with Crippen molar-refractivity contribution in [3.05, 3.63) is 29.0 Å². The predicted molar refractivity (Wildman–Crippen MR) is 63.0 cm³/mol. The molecule has 1 aromatic heterocycles. The van der Waals surface area contributed by atoms with Gasteiger partial charge in [-0.15, -0.1) is 0 Å². The highest BCUT2D eigenvalue weighted by molar-refractivity contribution is 6.30. The zero-order chi connectivity index (χ0) is 10.7. The molecule has 1 aliphatic rings. The average molecular weight is 225 g/mol. The van der Waals surface area contributed by atoms with Crippen LogP contribution in [0.25, 0.3) is 0 Å². The predicted octanol–water partition coefficient (Wildman–Crippen LogP) is 3.19. The number of hydrogen-bond donors (Lipinski definition) is 1. The Bertz CT molecular complexity index is 323. The molecule has 3 heteroatoms. The average Bonchev–Trinajstić information content (AvgIpc) is 2.16. The van der Waals surface area contributed by atoms with Crippen LogP contribution in [-0.4, -0.2) is 11.5 Å². The Morgan fingerprint density at radius 2 is 2.40 bits per heavy atom. The van der Waals surface area contributed by atoms with Crippen LogP contribution in [0.4, 0.5) is 0 Å². The number of aromatic nitrogens is 1. The number of rotatable bonds is 4. The first-order valence-electron chi connectivity index (χ1n) is 5.61. The third-order valence-corrected chi connectivity index (χ3v) is 3.51. The number of nitrogens with one attached hydrogen (secondary N) is 1. The molecule has 1 saturated carbocycles. The second-order valence-corrected chi connectivity index (χ2v) is 4.67. The summed E-state index contributed by atoms with van der Waals surface area (Å²) in [5, 5.41) is 4.13. The van der Waals surface area contributed by atoms with Gasteiger partial charge in [-0.3, -0.25) is 0 Å². The minimum Gasteiger partial charge on any atom is -0.310 e. The van der Waals surface area contributed by atoms with E-state index in [-0.39, 0.29) is 0 Å². The zero-order valence-corrected chi connectivity index (χ0v) is 9.80. The van der Waals surface area contributed by atoms with E-state index < -0.39 is 0 Å². The first-order valence-corrected chi connectivity index (χ1v) is 5.99. The van der Waals surface area contributed by atoms with Gasteiger partial charge in [-0.05, 0) is 38.3 Å². The van der Waals surface area contributed by atoms with Crippen molar-refractivity contribution in [2.45, 2.75) is 32.2 Å². The largest absolute Gasteiger partial charge is 0.310 e. The van der Waals surface area contributed by atoms with Crippen LogP contribution in [0.3, 0.4) is 0 Å². The molecule has 15 heavy (non-hydrogen) atoms. The van der Waals surface area contributed by atoms with E-state index in [1.807, 2.05) is 12.1 Å². The number of pyridine rings is 1. The standard InChI is InChI=1S/C12H17ClN2/c1-9(15-8-10-4-2-5-10)11-6-3-7-14-12(11)13/h3,6-7,9-10,15H,2,4-5,8H2,1H3. The van der Waals surface area contributed by atoms with Gasteiger partial charge in [0.05, 0.1) is 0 Å². The van der Waals surface area contributed by atoms with Crippen LogP contribution < -0.4 is 5.32 Å². The summed E-state index contributed by atoms with van der Waals surface area (Å²) in [5.41, 5.74) is 1.10. The Balaban J connectivity index is 1.89. The lowest BCUT2D eigenvalue weighted by molar-refractivity contribution is 0.292. The van der Waals surface area contributed by atoms with Gasteiger partial charge < -0.3 is 5.32 Å².